The van der Waals surface area contributed by atoms with Crippen molar-refractivity contribution in [1.82, 2.24) is 4.90 Å². The standard InChI is InChI=1S/C21H21NO4/c1-13-14(20(23)24)10-11-22(13)21(25)26-12-19-17-8-4-2-6-15(17)16-7-3-5-9-18(16)19/h2-9,13-14,19H,10-12H2,1H3,(H,23,24)/t13-,14-/m1/s1. The van der Waals surface area contributed by atoms with Crippen LogP contribution in [0.4, 0.5) is 4.79 Å². The van der Waals surface area contributed by atoms with Crippen molar-refractivity contribution in [1.29, 1.82) is 0 Å². The monoisotopic (exact) mass is 351 g/mol. The van der Waals surface area contributed by atoms with Crippen LogP contribution in [0.15, 0.2) is 48.5 Å². The van der Waals surface area contributed by atoms with Gasteiger partial charge in [-0.05, 0) is 35.6 Å². The average molecular weight is 351 g/mol. The molecule has 1 amide bonds. The van der Waals surface area contributed by atoms with Gasteiger partial charge < -0.3 is 14.7 Å². The Labute approximate surface area is 152 Å². The highest BCUT2D eigenvalue weighted by molar-refractivity contribution is 5.79. The molecular weight excluding hydrogens is 330 g/mol. The van der Waals surface area contributed by atoms with Crippen molar-refractivity contribution in [2.24, 2.45) is 5.92 Å². The molecule has 1 saturated heterocycles. The van der Waals surface area contributed by atoms with Crippen molar-refractivity contribution in [3.05, 3.63) is 59.7 Å². The van der Waals surface area contributed by atoms with Crippen LogP contribution < -0.4 is 0 Å². The van der Waals surface area contributed by atoms with Gasteiger partial charge in [-0.3, -0.25) is 4.79 Å². The number of fused-ring (bicyclic) bond motifs is 3. The van der Waals surface area contributed by atoms with Crippen LogP contribution in [-0.4, -0.2) is 41.3 Å². The van der Waals surface area contributed by atoms with Crippen LogP contribution in [0.1, 0.15) is 30.4 Å². The molecule has 0 aromatic heterocycles. The maximum atomic E-state index is 12.5. The Kier molecular flexibility index (Phi) is 4.15. The molecule has 4 rings (SSSR count). The number of amides is 1. The SMILES string of the molecule is C[C@@H]1[C@H](C(=O)O)CCN1C(=O)OCC1c2ccccc2-c2ccccc21. The Morgan fingerprint density at radius 2 is 1.65 bits per heavy atom. The molecule has 0 radical (unpaired) electrons. The molecule has 0 bridgehead atoms. The molecule has 5 nitrogen and oxygen atoms in total. The van der Waals surface area contributed by atoms with Crippen LogP contribution in [-0.2, 0) is 9.53 Å². The maximum Gasteiger partial charge on any atom is 0.410 e. The van der Waals surface area contributed by atoms with Crippen LogP contribution in [0.2, 0.25) is 0 Å². The number of rotatable bonds is 3. The fourth-order valence-electron chi connectivity index (χ4n) is 4.20. The van der Waals surface area contributed by atoms with E-state index in [1.54, 1.807) is 6.92 Å². The molecule has 1 aliphatic carbocycles. The molecule has 2 aromatic carbocycles. The lowest BCUT2D eigenvalue weighted by Gasteiger charge is -2.24. The molecule has 2 aliphatic rings. The molecule has 2 atom stereocenters. The fourth-order valence-corrected chi connectivity index (χ4v) is 4.20. The summed E-state index contributed by atoms with van der Waals surface area (Å²) in [6.45, 7) is 2.45. The average Bonchev–Trinajstić information content (AvgIpc) is 3.18. The predicted molar refractivity (Wildman–Crippen MR) is 97.0 cm³/mol. The largest absolute Gasteiger partial charge is 0.481 e. The molecule has 1 N–H and O–H groups in total. The van der Waals surface area contributed by atoms with E-state index < -0.39 is 18.0 Å². The van der Waals surface area contributed by atoms with Crippen molar-refractivity contribution in [3.63, 3.8) is 0 Å². The van der Waals surface area contributed by atoms with E-state index in [4.69, 9.17) is 4.74 Å². The number of hydrogen-bond donors (Lipinski definition) is 1. The summed E-state index contributed by atoms with van der Waals surface area (Å²) in [5.74, 6) is -1.36. The number of aliphatic carboxylic acids is 1. The maximum absolute atomic E-state index is 12.5. The Hall–Kier alpha value is -2.82. The lowest BCUT2D eigenvalue weighted by molar-refractivity contribution is -0.142. The number of ether oxygens (including phenoxy) is 1. The van der Waals surface area contributed by atoms with E-state index in [2.05, 4.69) is 24.3 Å². The number of likely N-dealkylation sites (tertiary alicyclic amines) is 1. The van der Waals surface area contributed by atoms with Crippen molar-refractivity contribution in [2.75, 3.05) is 13.2 Å². The van der Waals surface area contributed by atoms with Crippen LogP contribution in [0.3, 0.4) is 0 Å². The number of carboxylic acid groups (broad SMARTS) is 1. The number of hydrogen-bond acceptors (Lipinski definition) is 3. The summed E-state index contributed by atoms with van der Waals surface area (Å²) < 4.78 is 5.62. The van der Waals surface area contributed by atoms with Gasteiger partial charge in [0.1, 0.15) is 6.61 Å². The minimum absolute atomic E-state index is 0.0135. The van der Waals surface area contributed by atoms with Crippen LogP contribution in [0.25, 0.3) is 11.1 Å². The van der Waals surface area contributed by atoms with E-state index in [1.807, 2.05) is 24.3 Å². The van der Waals surface area contributed by atoms with Gasteiger partial charge in [-0.2, -0.15) is 0 Å². The Morgan fingerprint density at radius 3 is 2.19 bits per heavy atom. The van der Waals surface area contributed by atoms with Crippen LogP contribution in [0.5, 0.6) is 0 Å². The highest BCUT2D eigenvalue weighted by Gasteiger charge is 2.39. The smallest absolute Gasteiger partial charge is 0.410 e. The highest BCUT2D eigenvalue weighted by atomic mass is 16.6. The van der Waals surface area contributed by atoms with Gasteiger partial charge >= 0.3 is 12.1 Å². The Bertz CT molecular complexity index is 817. The summed E-state index contributed by atoms with van der Waals surface area (Å²) >= 11 is 0. The van der Waals surface area contributed by atoms with Gasteiger partial charge in [0.25, 0.3) is 0 Å². The van der Waals surface area contributed by atoms with Gasteiger partial charge in [0, 0.05) is 18.5 Å². The first kappa shape index (κ1) is 16.6. The molecule has 0 spiro atoms. The number of carboxylic acids is 1. The quantitative estimate of drug-likeness (QED) is 0.915. The van der Waals surface area contributed by atoms with E-state index in [1.165, 1.54) is 27.2 Å². The molecule has 1 aliphatic heterocycles. The predicted octanol–water partition coefficient (Wildman–Crippen LogP) is 3.73. The topological polar surface area (TPSA) is 66.8 Å². The second-order valence-corrected chi connectivity index (χ2v) is 6.97. The van der Waals surface area contributed by atoms with Crippen molar-refractivity contribution in [2.45, 2.75) is 25.3 Å². The second-order valence-electron chi connectivity index (χ2n) is 6.97. The summed E-state index contributed by atoms with van der Waals surface area (Å²) in [6, 6.07) is 16.0. The van der Waals surface area contributed by atoms with Gasteiger partial charge in [-0.15, -0.1) is 0 Å². The highest BCUT2D eigenvalue weighted by Crippen LogP contribution is 2.44. The summed E-state index contributed by atoms with van der Waals surface area (Å²) in [5.41, 5.74) is 4.70. The van der Waals surface area contributed by atoms with Gasteiger partial charge in [-0.1, -0.05) is 48.5 Å². The summed E-state index contributed by atoms with van der Waals surface area (Å²) in [4.78, 5) is 25.3. The third-order valence-corrected chi connectivity index (χ3v) is 5.64. The Balaban J connectivity index is 1.50. The Morgan fingerprint density at radius 1 is 1.08 bits per heavy atom. The minimum atomic E-state index is -0.855. The van der Waals surface area contributed by atoms with Gasteiger partial charge in [0.15, 0.2) is 0 Å². The van der Waals surface area contributed by atoms with E-state index in [-0.39, 0.29) is 18.6 Å². The summed E-state index contributed by atoms with van der Waals surface area (Å²) in [5, 5.41) is 9.23. The van der Waals surface area contributed by atoms with Crippen molar-refractivity contribution < 1.29 is 19.4 Å². The van der Waals surface area contributed by atoms with Crippen LogP contribution >= 0.6 is 0 Å². The normalized spacial score (nSPS) is 21.3. The van der Waals surface area contributed by atoms with Gasteiger partial charge in [0.05, 0.1) is 5.92 Å². The summed E-state index contributed by atoms with van der Waals surface area (Å²) in [7, 11) is 0. The molecule has 2 aromatic rings. The number of carbonyl (C=O) groups excluding carboxylic acids is 1. The molecule has 5 heteroatoms. The van der Waals surface area contributed by atoms with Gasteiger partial charge in [-0.25, -0.2) is 4.79 Å². The molecule has 0 saturated carbocycles. The molecule has 0 unspecified atom stereocenters. The number of carbonyl (C=O) groups is 2. The first-order valence-corrected chi connectivity index (χ1v) is 8.92. The number of nitrogens with zero attached hydrogens (tertiary/aromatic N) is 1. The minimum Gasteiger partial charge on any atom is -0.481 e. The van der Waals surface area contributed by atoms with E-state index in [9.17, 15) is 14.7 Å². The van der Waals surface area contributed by atoms with E-state index in [0.717, 1.165) is 0 Å². The first-order chi connectivity index (χ1) is 12.6. The lowest BCUT2D eigenvalue weighted by atomic mass is 9.98. The zero-order chi connectivity index (χ0) is 18.3. The molecule has 1 fully saturated rings. The zero-order valence-corrected chi connectivity index (χ0v) is 14.6. The van der Waals surface area contributed by atoms with E-state index >= 15 is 0 Å². The molecule has 134 valence electrons. The first-order valence-electron chi connectivity index (χ1n) is 8.92. The number of benzene rings is 2. The van der Waals surface area contributed by atoms with Crippen LogP contribution in [0, 0.1) is 5.92 Å². The molecule has 1 heterocycles. The van der Waals surface area contributed by atoms with E-state index in [0.29, 0.717) is 13.0 Å². The lowest BCUT2D eigenvalue weighted by Crippen LogP contribution is -2.38. The zero-order valence-electron chi connectivity index (χ0n) is 14.6. The summed E-state index contributed by atoms with van der Waals surface area (Å²) in [6.07, 6.45) is 0.0452. The fraction of sp³-hybridized carbons (Fsp3) is 0.333. The second kappa shape index (κ2) is 6.48. The third kappa shape index (κ3) is 2.64. The van der Waals surface area contributed by atoms with Crippen molar-refractivity contribution in [3.8, 4) is 11.1 Å². The molecular formula is C21H21NO4. The third-order valence-electron chi connectivity index (χ3n) is 5.64. The van der Waals surface area contributed by atoms with Crippen molar-refractivity contribution >= 4 is 12.1 Å². The molecule has 26 heavy (non-hydrogen) atoms. The van der Waals surface area contributed by atoms with Gasteiger partial charge in [0.2, 0.25) is 0 Å².